The molecule has 2 rings (SSSR count). The van der Waals surface area contributed by atoms with Gasteiger partial charge in [-0.2, -0.15) is 4.98 Å². The summed E-state index contributed by atoms with van der Waals surface area (Å²) in [5, 5.41) is 0. The molecule has 0 spiro atoms. The fourth-order valence-corrected chi connectivity index (χ4v) is 1.39. The molecule has 1 aliphatic heterocycles. The molecule has 4 nitrogen and oxygen atoms in total. The first-order valence-electron chi connectivity index (χ1n) is 4.35. The number of rotatable bonds is 1. The summed E-state index contributed by atoms with van der Waals surface area (Å²) in [6.07, 6.45) is 7.09. The second-order valence-electron chi connectivity index (χ2n) is 2.98. The SMILES string of the molecule is Nc1nccc(N2CC=CCC2)n1. The Kier molecular flexibility index (Phi) is 2.12. The van der Waals surface area contributed by atoms with Gasteiger partial charge in [-0.05, 0) is 12.5 Å². The minimum atomic E-state index is 0.340. The number of anilines is 2. The van der Waals surface area contributed by atoms with E-state index < -0.39 is 0 Å². The molecule has 0 atom stereocenters. The van der Waals surface area contributed by atoms with E-state index in [9.17, 15) is 0 Å². The van der Waals surface area contributed by atoms with Crippen LogP contribution >= 0.6 is 0 Å². The van der Waals surface area contributed by atoms with Crippen LogP contribution in [-0.4, -0.2) is 23.1 Å². The highest BCUT2D eigenvalue weighted by atomic mass is 15.2. The Bertz CT molecular complexity index is 321. The fourth-order valence-electron chi connectivity index (χ4n) is 1.39. The molecule has 0 amide bonds. The van der Waals surface area contributed by atoms with Crippen LogP contribution < -0.4 is 10.6 Å². The van der Waals surface area contributed by atoms with Gasteiger partial charge < -0.3 is 10.6 Å². The molecule has 0 fully saturated rings. The smallest absolute Gasteiger partial charge is 0.221 e. The highest BCUT2D eigenvalue weighted by molar-refractivity contribution is 5.42. The molecule has 68 valence electrons. The summed E-state index contributed by atoms with van der Waals surface area (Å²) in [6.45, 7) is 1.92. The third-order valence-electron chi connectivity index (χ3n) is 2.04. The van der Waals surface area contributed by atoms with Crippen molar-refractivity contribution in [2.75, 3.05) is 23.7 Å². The molecule has 1 aromatic heterocycles. The molecule has 1 aromatic rings. The van der Waals surface area contributed by atoms with E-state index in [0.29, 0.717) is 5.95 Å². The predicted octanol–water partition coefficient (Wildman–Crippen LogP) is 0.825. The second-order valence-corrected chi connectivity index (χ2v) is 2.98. The van der Waals surface area contributed by atoms with Crippen molar-refractivity contribution >= 4 is 11.8 Å². The van der Waals surface area contributed by atoms with Gasteiger partial charge in [-0.3, -0.25) is 0 Å². The molecule has 2 heterocycles. The van der Waals surface area contributed by atoms with Crippen LogP contribution in [0, 0.1) is 0 Å². The van der Waals surface area contributed by atoms with Crippen molar-refractivity contribution in [2.45, 2.75) is 6.42 Å². The Morgan fingerprint density at radius 3 is 3.00 bits per heavy atom. The van der Waals surface area contributed by atoms with Crippen LogP contribution in [0.2, 0.25) is 0 Å². The molecule has 0 saturated heterocycles. The highest BCUT2D eigenvalue weighted by Gasteiger charge is 2.08. The van der Waals surface area contributed by atoms with E-state index in [4.69, 9.17) is 5.73 Å². The van der Waals surface area contributed by atoms with Gasteiger partial charge in [-0.1, -0.05) is 12.2 Å². The maximum Gasteiger partial charge on any atom is 0.221 e. The quantitative estimate of drug-likeness (QED) is 0.644. The van der Waals surface area contributed by atoms with Gasteiger partial charge >= 0.3 is 0 Å². The summed E-state index contributed by atoms with van der Waals surface area (Å²) in [5.41, 5.74) is 5.50. The van der Waals surface area contributed by atoms with Crippen LogP contribution in [0.3, 0.4) is 0 Å². The maximum atomic E-state index is 5.50. The largest absolute Gasteiger partial charge is 0.368 e. The van der Waals surface area contributed by atoms with E-state index in [1.807, 2.05) is 6.07 Å². The molecule has 0 radical (unpaired) electrons. The highest BCUT2D eigenvalue weighted by Crippen LogP contribution is 2.13. The first kappa shape index (κ1) is 8.04. The van der Waals surface area contributed by atoms with E-state index in [2.05, 4.69) is 27.0 Å². The minimum Gasteiger partial charge on any atom is -0.368 e. The number of nitrogen functional groups attached to an aromatic ring is 1. The lowest BCUT2D eigenvalue weighted by atomic mass is 10.2. The second kappa shape index (κ2) is 3.43. The van der Waals surface area contributed by atoms with Crippen molar-refractivity contribution in [3.05, 3.63) is 24.4 Å². The van der Waals surface area contributed by atoms with E-state index in [1.165, 1.54) is 0 Å². The van der Waals surface area contributed by atoms with E-state index >= 15 is 0 Å². The minimum absolute atomic E-state index is 0.340. The number of nitrogens with two attached hydrogens (primary N) is 1. The molecule has 4 heteroatoms. The van der Waals surface area contributed by atoms with Gasteiger partial charge in [0.25, 0.3) is 0 Å². The lowest BCUT2D eigenvalue weighted by molar-refractivity contribution is 0.804. The molecule has 13 heavy (non-hydrogen) atoms. The third kappa shape index (κ3) is 1.77. The standard InChI is InChI=1S/C9H12N4/c10-9-11-5-4-8(12-9)13-6-2-1-3-7-13/h1-2,4-5H,3,6-7H2,(H2,10,11,12). The fraction of sp³-hybridized carbons (Fsp3) is 0.333. The van der Waals surface area contributed by atoms with Gasteiger partial charge in [0.05, 0.1) is 0 Å². The average Bonchev–Trinajstić information content (AvgIpc) is 2.19. The summed E-state index contributed by atoms with van der Waals surface area (Å²) in [5.74, 6) is 1.25. The number of nitrogens with zero attached hydrogens (tertiary/aromatic N) is 3. The lowest BCUT2D eigenvalue weighted by Gasteiger charge is -2.24. The molecule has 0 saturated carbocycles. The molecule has 0 aliphatic carbocycles. The summed E-state index contributed by atoms with van der Waals surface area (Å²) in [6, 6.07) is 1.88. The van der Waals surface area contributed by atoms with Gasteiger partial charge in [-0.25, -0.2) is 4.98 Å². The molecule has 1 aliphatic rings. The van der Waals surface area contributed by atoms with Gasteiger partial charge in [0, 0.05) is 19.3 Å². The summed E-state index contributed by atoms with van der Waals surface area (Å²) in [7, 11) is 0. The molecule has 0 unspecified atom stereocenters. The Balaban J connectivity index is 2.20. The molecular weight excluding hydrogens is 164 g/mol. The number of hydrogen-bond acceptors (Lipinski definition) is 4. The molecule has 2 N–H and O–H groups in total. The first-order valence-corrected chi connectivity index (χ1v) is 4.35. The third-order valence-corrected chi connectivity index (χ3v) is 2.04. The topological polar surface area (TPSA) is 55.0 Å². The van der Waals surface area contributed by atoms with Crippen molar-refractivity contribution in [3.63, 3.8) is 0 Å². The maximum absolute atomic E-state index is 5.50. The predicted molar refractivity (Wildman–Crippen MR) is 52.4 cm³/mol. The monoisotopic (exact) mass is 176 g/mol. The van der Waals surface area contributed by atoms with Crippen LogP contribution in [0.1, 0.15) is 6.42 Å². The number of aromatic nitrogens is 2. The van der Waals surface area contributed by atoms with Crippen molar-refractivity contribution in [1.82, 2.24) is 9.97 Å². The Labute approximate surface area is 77.1 Å². The van der Waals surface area contributed by atoms with Gasteiger partial charge in [0.15, 0.2) is 0 Å². The van der Waals surface area contributed by atoms with E-state index in [0.717, 1.165) is 25.3 Å². The Morgan fingerprint density at radius 1 is 1.38 bits per heavy atom. The summed E-state index contributed by atoms with van der Waals surface area (Å²) < 4.78 is 0. The van der Waals surface area contributed by atoms with Crippen LogP contribution in [0.4, 0.5) is 11.8 Å². The van der Waals surface area contributed by atoms with Crippen LogP contribution in [0.15, 0.2) is 24.4 Å². The van der Waals surface area contributed by atoms with Crippen LogP contribution in [0.5, 0.6) is 0 Å². The average molecular weight is 176 g/mol. The zero-order chi connectivity index (χ0) is 9.10. The van der Waals surface area contributed by atoms with E-state index in [1.54, 1.807) is 6.20 Å². The molecule has 0 bridgehead atoms. The van der Waals surface area contributed by atoms with Gasteiger partial charge in [0.1, 0.15) is 5.82 Å². The van der Waals surface area contributed by atoms with E-state index in [-0.39, 0.29) is 0 Å². The molecular formula is C9H12N4. The summed E-state index contributed by atoms with van der Waals surface area (Å²) >= 11 is 0. The Hall–Kier alpha value is -1.58. The van der Waals surface area contributed by atoms with Crippen molar-refractivity contribution in [2.24, 2.45) is 0 Å². The summed E-state index contributed by atoms with van der Waals surface area (Å²) in [4.78, 5) is 10.2. The van der Waals surface area contributed by atoms with Crippen molar-refractivity contribution in [1.29, 1.82) is 0 Å². The zero-order valence-corrected chi connectivity index (χ0v) is 7.35. The molecule has 0 aromatic carbocycles. The van der Waals surface area contributed by atoms with Crippen LogP contribution in [0.25, 0.3) is 0 Å². The lowest BCUT2D eigenvalue weighted by Crippen LogP contribution is -2.27. The van der Waals surface area contributed by atoms with Crippen molar-refractivity contribution in [3.8, 4) is 0 Å². The van der Waals surface area contributed by atoms with Crippen molar-refractivity contribution < 1.29 is 0 Å². The normalized spacial score (nSPS) is 16.2. The zero-order valence-electron chi connectivity index (χ0n) is 7.35. The van der Waals surface area contributed by atoms with Gasteiger partial charge in [0.2, 0.25) is 5.95 Å². The van der Waals surface area contributed by atoms with Crippen LogP contribution in [-0.2, 0) is 0 Å². The Morgan fingerprint density at radius 2 is 2.31 bits per heavy atom. The van der Waals surface area contributed by atoms with Gasteiger partial charge in [-0.15, -0.1) is 0 Å². The number of hydrogen-bond donors (Lipinski definition) is 1. The first-order chi connectivity index (χ1) is 6.36.